The second-order valence-electron chi connectivity index (χ2n) is 5.23. The van der Waals surface area contributed by atoms with Crippen LogP contribution in [-0.4, -0.2) is 22.0 Å². The Morgan fingerprint density at radius 1 is 1.04 bits per heavy atom. The number of hydrogen-bond donors (Lipinski definition) is 1. The summed E-state index contributed by atoms with van der Waals surface area (Å²) in [6, 6.07) is 21.1. The number of aromatic nitrogens is 1. The van der Waals surface area contributed by atoms with Crippen LogP contribution < -0.4 is 5.43 Å². The Hall–Kier alpha value is -3.87. The molecule has 0 unspecified atom stereocenters. The number of nitrogens with one attached hydrogen (secondary N) is 1. The maximum absolute atomic E-state index is 10.8. The first-order valence-corrected chi connectivity index (χ1v) is 7.81. The predicted molar refractivity (Wildman–Crippen MR) is 101 cm³/mol. The maximum Gasteiger partial charge on any atom is 0.270 e. The lowest BCUT2D eigenvalue weighted by molar-refractivity contribution is -0.384. The zero-order chi connectivity index (χ0) is 18.2. The molecule has 0 aliphatic carbocycles. The van der Waals surface area contributed by atoms with Gasteiger partial charge in [-0.3, -0.25) is 20.5 Å². The van der Waals surface area contributed by atoms with Crippen LogP contribution >= 0.6 is 0 Å². The number of nitrogens with zero attached hydrogens (tertiary/aromatic N) is 4. The Labute approximate surface area is 149 Å². The summed E-state index contributed by atoms with van der Waals surface area (Å²) in [6.45, 7) is 0. The Bertz CT molecular complexity index is 940. The second-order valence-corrected chi connectivity index (χ2v) is 5.23. The topological polar surface area (TPSA) is 92.8 Å². The molecule has 7 nitrogen and oxygen atoms in total. The first-order chi connectivity index (χ1) is 12.7. The van der Waals surface area contributed by atoms with Crippen molar-refractivity contribution in [3.63, 3.8) is 0 Å². The Kier molecular flexibility index (Phi) is 5.41. The summed E-state index contributed by atoms with van der Waals surface area (Å²) in [4.78, 5) is 19.2. The van der Waals surface area contributed by atoms with E-state index in [2.05, 4.69) is 20.5 Å². The summed E-state index contributed by atoms with van der Waals surface area (Å²) in [5, 5.41) is 15.0. The minimum Gasteiger partial charge on any atom is -0.260 e. The molecule has 7 heteroatoms. The van der Waals surface area contributed by atoms with Crippen molar-refractivity contribution in [3.8, 4) is 0 Å². The number of nitro benzene ring substituents is 1. The highest BCUT2D eigenvalue weighted by Crippen LogP contribution is 2.13. The molecule has 0 saturated carbocycles. The third-order valence-electron chi connectivity index (χ3n) is 3.37. The molecule has 0 spiro atoms. The van der Waals surface area contributed by atoms with Crippen LogP contribution in [0.5, 0.6) is 0 Å². The van der Waals surface area contributed by atoms with Gasteiger partial charge in [-0.2, -0.15) is 5.10 Å². The van der Waals surface area contributed by atoms with Crippen molar-refractivity contribution >= 4 is 23.4 Å². The molecule has 0 radical (unpaired) electrons. The summed E-state index contributed by atoms with van der Waals surface area (Å²) >= 11 is 0. The van der Waals surface area contributed by atoms with E-state index in [1.165, 1.54) is 18.3 Å². The van der Waals surface area contributed by atoms with Crippen LogP contribution in [0.25, 0.3) is 0 Å². The van der Waals surface area contributed by atoms with Gasteiger partial charge in [-0.15, -0.1) is 0 Å². The SMILES string of the molecule is O=[N+]([O-])c1cccc(/C=N/NC(=Nc2ccccc2)c2ccccn2)c1. The summed E-state index contributed by atoms with van der Waals surface area (Å²) in [5.74, 6) is 0.471. The molecule has 26 heavy (non-hydrogen) atoms. The molecule has 1 heterocycles. The van der Waals surface area contributed by atoms with Crippen LogP contribution in [0.15, 0.2) is 89.1 Å². The van der Waals surface area contributed by atoms with Gasteiger partial charge in [0, 0.05) is 23.9 Å². The fraction of sp³-hybridized carbons (Fsp3) is 0. The van der Waals surface area contributed by atoms with Crippen LogP contribution in [0.4, 0.5) is 11.4 Å². The van der Waals surface area contributed by atoms with Gasteiger partial charge in [0.2, 0.25) is 0 Å². The van der Waals surface area contributed by atoms with Gasteiger partial charge < -0.3 is 0 Å². The van der Waals surface area contributed by atoms with Gasteiger partial charge in [0.25, 0.3) is 5.69 Å². The van der Waals surface area contributed by atoms with Crippen molar-refractivity contribution in [1.82, 2.24) is 10.4 Å². The highest BCUT2D eigenvalue weighted by Gasteiger charge is 2.05. The van der Waals surface area contributed by atoms with E-state index in [9.17, 15) is 10.1 Å². The first-order valence-electron chi connectivity index (χ1n) is 7.81. The second kappa shape index (κ2) is 8.29. The number of hydrogen-bond acceptors (Lipinski definition) is 5. The molecule has 0 saturated heterocycles. The molecule has 0 fully saturated rings. The molecule has 1 N–H and O–H groups in total. The lowest BCUT2D eigenvalue weighted by atomic mass is 10.2. The van der Waals surface area contributed by atoms with Gasteiger partial charge in [-0.25, -0.2) is 4.99 Å². The number of pyridine rings is 1. The summed E-state index contributed by atoms with van der Waals surface area (Å²) in [6.07, 6.45) is 3.16. The smallest absolute Gasteiger partial charge is 0.260 e. The monoisotopic (exact) mass is 345 g/mol. The van der Waals surface area contributed by atoms with Gasteiger partial charge in [0.05, 0.1) is 16.8 Å². The average Bonchev–Trinajstić information content (AvgIpc) is 2.69. The normalized spacial score (nSPS) is 11.5. The van der Waals surface area contributed by atoms with Gasteiger partial charge in [-0.05, 0) is 24.3 Å². The Morgan fingerprint density at radius 2 is 1.85 bits per heavy atom. The molecule has 0 aliphatic heterocycles. The molecule has 128 valence electrons. The zero-order valence-electron chi connectivity index (χ0n) is 13.7. The number of rotatable bonds is 5. The number of non-ortho nitro benzene ring substituents is 1. The van der Waals surface area contributed by atoms with Crippen molar-refractivity contribution < 1.29 is 4.92 Å². The predicted octanol–water partition coefficient (Wildman–Crippen LogP) is 3.69. The maximum atomic E-state index is 10.8. The third kappa shape index (κ3) is 4.57. The van der Waals surface area contributed by atoms with Crippen molar-refractivity contribution in [2.45, 2.75) is 0 Å². The highest BCUT2D eigenvalue weighted by atomic mass is 16.6. The number of para-hydroxylation sites is 1. The molecule has 0 amide bonds. The minimum atomic E-state index is -0.444. The van der Waals surface area contributed by atoms with E-state index >= 15 is 0 Å². The van der Waals surface area contributed by atoms with E-state index in [4.69, 9.17) is 0 Å². The molecular formula is C19H15N5O2. The largest absolute Gasteiger partial charge is 0.270 e. The molecule has 0 atom stereocenters. The van der Waals surface area contributed by atoms with Gasteiger partial charge in [0.1, 0.15) is 5.69 Å². The fourth-order valence-corrected chi connectivity index (χ4v) is 2.16. The van der Waals surface area contributed by atoms with Crippen LogP contribution in [0, 0.1) is 10.1 Å². The average molecular weight is 345 g/mol. The van der Waals surface area contributed by atoms with E-state index < -0.39 is 4.92 Å². The standard InChI is InChI=1S/C19H15N5O2/c25-24(26)17-10-6-7-15(13-17)14-21-23-19(18-11-4-5-12-20-18)22-16-8-2-1-3-9-16/h1-14H,(H,22,23)/b21-14+. The molecule has 1 aromatic heterocycles. The molecule has 0 bridgehead atoms. The Balaban J connectivity index is 1.84. The van der Waals surface area contributed by atoms with Gasteiger partial charge >= 0.3 is 0 Å². The molecule has 3 aromatic rings. The minimum absolute atomic E-state index is 0.0110. The zero-order valence-corrected chi connectivity index (χ0v) is 13.7. The lowest BCUT2D eigenvalue weighted by Gasteiger charge is -2.05. The summed E-state index contributed by atoms with van der Waals surface area (Å²) < 4.78 is 0. The molecule has 0 aliphatic rings. The van der Waals surface area contributed by atoms with Gasteiger partial charge in [0.15, 0.2) is 5.84 Å². The van der Waals surface area contributed by atoms with Crippen molar-refractivity contribution in [3.05, 3.63) is 100 Å². The molecule has 3 rings (SSSR count). The van der Waals surface area contributed by atoms with E-state index in [1.54, 1.807) is 18.3 Å². The van der Waals surface area contributed by atoms with Crippen LogP contribution in [0.2, 0.25) is 0 Å². The number of aliphatic imine (C=N–C) groups is 1. The first kappa shape index (κ1) is 17.0. The number of benzene rings is 2. The van der Waals surface area contributed by atoms with Crippen LogP contribution in [-0.2, 0) is 0 Å². The highest BCUT2D eigenvalue weighted by molar-refractivity contribution is 5.99. The van der Waals surface area contributed by atoms with E-state index in [0.717, 1.165) is 5.69 Å². The lowest BCUT2D eigenvalue weighted by Crippen LogP contribution is -2.20. The van der Waals surface area contributed by atoms with Crippen molar-refractivity contribution in [1.29, 1.82) is 0 Å². The summed E-state index contributed by atoms with van der Waals surface area (Å²) in [5.41, 5.74) is 4.87. The van der Waals surface area contributed by atoms with Crippen LogP contribution in [0.3, 0.4) is 0 Å². The van der Waals surface area contributed by atoms with E-state index in [-0.39, 0.29) is 5.69 Å². The summed E-state index contributed by atoms with van der Waals surface area (Å²) in [7, 11) is 0. The van der Waals surface area contributed by atoms with E-state index in [0.29, 0.717) is 17.1 Å². The number of hydrazone groups is 1. The number of amidine groups is 1. The Morgan fingerprint density at radius 3 is 2.58 bits per heavy atom. The van der Waals surface area contributed by atoms with Crippen molar-refractivity contribution in [2.24, 2.45) is 10.1 Å². The van der Waals surface area contributed by atoms with Crippen LogP contribution in [0.1, 0.15) is 11.3 Å². The van der Waals surface area contributed by atoms with Gasteiger partial charge in [-0.1, -0.05) is 36.4 Å². The molecule has 2 aromatic carbocycles. The molecular weight excluding hydrogens is 330 g/mol. The van der Waals surface area contributed by atoms with Crippen molar-refractivity contribution in [2.75, 3.05) is 0 Å². The fourth-order valence-electron chi connectivity index (χ4n) is 2.16. The van der Waals surface area contributed by atoms with E-state index in [1.807, 2.05) is 48.5 Å². The third-order valence-corrected chi connectivity index (χ3v) is 3.37. The quantitative estimate of drug-likeness (QED) is 0.330. The number of nitro groups is 1.